The van der Waals surface area contributed by atoms with Crippen LogP contribution in [0.1, 0.15) is 68.9 Å². The Kier molecular flexibility index (Phi) is 8.45. The minimum Gasteiger partial charge on any atom is -0.383 e. The number of aryl methyl sites for hydroxylation is 1. The van der Waals surface area contributed by atoms with Crippen LogP contribution in [0, 0.1) is 5.92 Å². The zero-order valence-electron chi connectivity index (χ0n) is 22.5. The smallest absolute Gasteiger partial charge is 0.231 e. The van der Waals surface area contributed by atoms with Gasteiger partial charge < -0.3 is 21.5 Å². The second-order valence-corrected chi connectivity index (χ2v) is 11.9. The van der Waals surface area contributed by atoms with Gasteiger partial charge in [-0.15, -0.1) is 11.3 Å². The van der Waals surface area contributed by atoms with E-state index in [4.69, 9.17) is 16.2 Å². The molecule has 1 atom stereocenters. The molecule has 206 valence electrons. The van der Waals surface area contributed by atoms with Crippen molar-refractivity contribution in [2.45, 2.75) is 77.3 Å². The van der Waals surface area contributed by atoms with Gasteiger partial charge in [-0.25, -0.2) is 4.98 Å². The maximum atomic E-state index is 11.6. The van der Waals surface area contributed by atoms with Crippen molar-refractivity contribution >= 4 is 45.0 Å². The first-order valence-corrected chi connectivity index (χ1v) is 14.7. The summed E-state index contributed by atoms with van der Waals surface area (Å²) >= 11 is 1.61. The normalized spacial score (nSPS) is 20.7. The summed E-state index contributed by atoms with van der Waals surface area (Å²) in [4.78, 5) is 25.2. The highest BCUT2D eigenvalue weighted by Gasteiger charge is 2.28. The number of carbonyl (C=O) groups excluding carboxylic acids is 1. The molecule has 3 aromatic rings. The number of hydrogen-bond acceptors (Lipinski definition) is 9. The minimum atomic E-state index is -0.256. The molecule has 2 fully saturated rings. The molecular weight excluding hydrogens is 500 g/mol. The molecule has 1 unspecified atom stereocenters. The van der Waals surface area contributed by atoms with E-state index in [1.54, 1.807) is 11.3 Å². The molecule has 1 amide bonds. The van der Waals surface area contributed by atoms with Gasteiger partial charge in [0.25, 0.3) is 0 Å². The Morgan fingerprint density at radius 1 is 1.16 bits per heavy atom. The van der Waals surface area contributed by atoms with Crippen molar-refractivity contribution in [1.82, 2.24) is 24.6 Å². The third-order valence-corrected chi connectivity index (χ3v) is 9.03. The highest BCUT2D eigenvalue weighted by atomic mass is 32.1. The fourth-order valence-corrected chi connectivity index (χ4v) is 6.92. The molecule has 1 saturated carbocycles. The molecule has 3 aliphatic rings. The van der Waals surface area contributed by atoms with E-state index in [9.17, 15) is 4.79 Å². The van der Waals surface area contributed by atoms with E-state index >= 15 is 0 Å². The molecule has 6 rings (SSSR count). The molecule has 2 aliphatic carbocycles. The number of ether oxygens (including phenoxy) is 1. The molecule has 5 N–H and O–H groups in total. The third-order valence-electron chi connectivity index (χ3n) is 7.85. The Labute approximate surface area is 228 Å². The van der Waals surface area contributed by atoms with Crippen LogP contribution in [0.15, 0.2) is 12.3 Å². The zero-order chi connectivity index (χ0) is 26.6. The molecule has 1 aliphatic heterocycles. The first kappa shape index (κ1) is 26.8. The number of fused-ring (bicyclic) bond motifs is 3. The van der Waals surface area contributed by atoms with Gasteiger partial charge in [0, 0.05) is 48.2 Å². The fourth-order valence-electron chi connectivity index (χ4n) is 5.70. The number of morpholine rings is 1. The first-order chi connectivity index (χ1) is 18.4. The van der Waals surface area contributed by atoms with Crippen LogP contribution in [0.3, 0.4) is 0 Å². The Morgan fingerprint density at radius 3 is 2.61 bits per heavy atom. The van der Waals surface area contributed by atoms with Crippen LogP contribution in [-0.2, 0) is 22.4 Å². The van der Waals surface area contributed by atoms with E-state index < -0.39 is 0 Å². The predicted octanol–water partition coefficient (Wildman–Crippen LogP) is 4.04. The van der Waals surface area contributed by atoms with E-state index in [1.165, 1.54) is 50.1 Å². The van der Waals surface area contributed by atoms with Gasteiger partial charge >= 0.3 is 0 Å². The van der Waals surface area contributed by atoms with Gasteiger partial charge in [-0.1, -0.05) is 19.3 Å². The van der Waals surface area contributed by atoms with E-state index in [0.717, 1.165) is 47.9 Å². The van der Waals surface area contributed by atoms with Crippen LogP contribution in [0.25, 0.3) is 10.2 Å². The van der Waals surface area contributed by atoms with Crippen LogP contribution in [0.4, 0.5) is 17.6 Å². The van der Waals surface area contributed by atoms with Gasteiger partial charge in [0.15, 0.2) is 5.82 Å². The van der Waals surface area contributed by atoms with Gasteiger partial charge in [0.1, 0.15) is 10.6 Å². The van der Waals surface area contributed by atoms with E-state index in [-0.39, 0.29) is 17.9 Å². The van der Waals surface area contributed by atoms with Gasteiger partial charge in [-0.3, -0.25) is 14.4 Å². The standard InChI is InChI=1S/C17H21N7OS.C10H19NO/c1-8(2)24-6-5-12(23-24)20-17-21-14(18)13-10-7-9(15(19)25)3-4-11(10)26-16(13)22-17;1-2-4-10(5-3-1)11-6-8-12-9-7-11/h5-6,8-9H,3-4,7H2,1-2H3,(H2,19,25)(H3,18,20,21,22,23);10H,1-9H2. The summed E-state index contributed by atoms with van der Waals surface area (Å²) in [6, 6.07) is 3.05. The second kappa shape index (κ2) is 12.0. The van der Waals surface area contributed by atoms with Gasteiger partial charge in [-0.2, -0.15) is 10.1 Å². The Bertz CT molecular complexity index is 1230. The van der Waals surface area contributed by atoms with Gasteiger partial charge in [-0.05, 0) is 51.5 Å². The SMILES string of the molecule is C1CCC(N2CCOCC2)CC1.CC(C)n1ccc(Nc2nc(N)c3c4c(sc3n2)CCC(C(N)=O)C4)n1. The van der Waals surface area contributed by atoms with Crippen molar-refractivity contribution in [3.05, 3.63) is 22.7 Å². The van der Waals surface area contributed by atoms with Crippen molar-refractivity contribution < 1.29 is 9.53 Å². The number of carbonyl (C=O) groups is 1. The molecule has 10 nitrogen and oxygen atoms in total. The molecule has 4 heterocycles. The summed E-state index contributed by atoms with van der Waals surface area (Å²) in [5, 5.41) is 8.42. The van der Waals surface area contributed by atoms with Crippen molar-refractivity contribution in [3.63, 3.8) is 0 Å². The highest BCUT2D eigenvalue weighted by Crippen LogP contribution is 2.40. The summed E-state index contributed by atoms with van der Waals surface area (Å²) in [7, 11) is 0. The van der Waals surface area contributed by atoms with Crippen molar-refractivity contribution in [2.75, 3.05) is 37.4 Å². The minimum absolute atomic E-state index is 0.141. The van der Waals surface area contributed by atoms with E-state index in [0.29, 0.717) is 24.0 Å². The number of nitrogens with two attached hydrogens (primary N) is 2. The van der Waals surface area contributed by atoms with Crippen molar-refractivity contribution in [2.24, 2.45) is 11.7 Å². The number of primary amides is 1. The molecular formula is C27H40N8O2S. The lowest BCUT2D eigenvalue weighted by atomic mass is 9.87. The topological polar surface area (TPSA) is 137 Å². The van der Waals surface area contributed by atoms with E-state index in [2.05, 4.69) is 39.1 Å². The molecule has 1 saturated heterocycles. The largest absolute Gasteiger partial charge is 0.383 e. The molecule has 0 aromatic carbocycles. The second-order valence-electron chi connectivity index (χ2n) is 10.8. The number of nitrogens with zero attached hydrogens (tertiary/aromatic N) is 5. The number of aromatic nitrogens is 4. The Hall–Kier alpha value is -2.76. The van der Waals surface area contributed by atoms with E-state index in [1.807, 2.05) is 16.9 Å². The number of thiophene rings is 1. The lowest BCUT2D eigenvalue weighted by Crippen LogP contribution is -2.44. The quantitative estimate of drug-likeness (QED) is 0.441. The summed E-state index contributed by atoms with van der Waals surface area (Å²) in [5.74, 6) is 1.12. The summed E-state index contributed by atoms with van der Waals surface area (Å²) in [5.41, 5.74) is 12.8. The first-order valence-electron chi connectivity index (χ1n) is 13.9. The monoisotopic (exact) mass is 540 g/mol. The fraction of sp³-hybridized carbons (Fsp3) is 0.630. The van der Waals surface area contributed by atoms with Crippen LogP contribution >= 0.6 is 11.3 Å². The summed E-state index contributed by atoms with van der Waals surface area (Å²) in [6.07, 6.45) is 11.3. The number of hydrogen-bond donors (Lipinski definition) is 3. The summed E-state index contributed by atoms with van der Waals surface area (Å²) < 4.78 is 7.21. The summed E-state index contributed by atoms with van der Waals surface area (Å²) in [6.45, 7) is 8.38. The Morgan fingerprint density at radius 2 is 1.92 bits per heavy atom. The highest BCUT2D eigenvalue weighted by molar-refractivity contribution is 7.19. The van der Waals surface area contributed by atoms with Crippen LogP contribution < -0.4 is 16.8 Å². The molecule has 0 radical (unpaired) electrons. The number of anilines is 3. The molecule has 11 heteroatoms. The average molecular weight is 541 g/mol. The van der Waals surface area contributed by atoms with Crippen LogP contribution in [0.5, 0.6) is 0 Å². The molecule has 0 spiro atoms. The van der Waals surface area contributed by atoms with Crippen LogP contribution in [0.2, 0.25) is 0 Å². The molecule has 0 bridgehead atoms. The number of rotatable bonds is 5. The predicted molar refractivity (Wildman–Crippen MR) is 152 cm³/mol. The third kappa shape index (κ3) is 6.10. The van der Waals surface area contributed by atoms with Crippen molar-refractivity contribution in [3.8, 4) is 0 Å². The maximum Gasteiger partial charge on any atom is 0.231 e. The average Bonchev–Trinajstić information content (AvgIpc) is 3.54. The number of nitrogens with one attached hydrogen (secondary N) is 1. The lowest BCUT2D eigenvalue weighted by molar-refractivity contribution is -0.122. The van der Waals surface area contributed by atoms with Gasteiger partial charge in [0.05, 0.1) is 18.6 Å². The Balaban J connectivity index is 0.000000204. The molecule has 38 heavy (non-hydrogen) atoms. The number of nitrogen functional groups attached to an aromatic ring is 1. The van der Waals surface area contributed by atoms with Crippen LogP contribution in [-0.4, -0.2) is 62.9 Å². The number of amides is 1. The van der Waals surface area contributed by atoms with Crippen molar-refractivity contribution in [1.29, 1.82) is 0 Å². The lowest BCUT2D eigenvalue weighted by Gasteiger charge is -2.36. The van der Waals surface area contributed by atoms with Gasteiger partial charge in [0.2, 0.25) is 11.9 Å². The molecule has 3 aromatic heterocycles. The maximum absolute atomic E-state index is 11.6. The zero-order valence-corrected chi connectivity index (χ0v) is 23.3.